The van der Waals surface area contributed by atoms with Gasteiger partial charge in [-0.3, -0.25) is 0 Å². The van der Waals surface area contributed by atoms with Crippen LogP contribution in [-0.4, -0.2) is 31.3 Å². The van der Waals surface area contributed by atoms with Crippen LogP contribution in [0.5, 0.6) is 0 Å². The summed E-state index contributed by atoms with van der Waals surface area (Å²) in [5.41, 5.74) is 1.34. The van der Waals surface area contributed by atoms with Crippen molar-refractivity contribution in [3.05, 3.63) is 42.2 Å². The van der Waals surface area contributed by atoms with Crippen molar-refractivity contribution in [2.24, 2.45) is 0 Å². The Morgan fingerprint density at radius 3 is 1.81 bits per heavy atom. The van der Waals surface area contributed by atoms with Gasteiger partial charge >= 0.3 is 18.1 Å². The number of esters is 2. The van der Waals surface area contributed by atoms with Gasteiger partial charge in [-0.2, -0.15) is 13.2 Å². The van der Waals surface area contributed by atoms with Gasteiger partial charge in [0.15, 0.2) is 0 Å². The van der Waals surface area contributed by atoms with Crippen LogP contribution in [0.2, 0.25) is 0 Å². The predicted molar refractivity (Wildman–Crippen MR) is 137 cm³/mol. The molecule has 5 nitrogen and oxygen atoms in total. The van der Waals surface area contributed by atoms with Gasteiger partial charge in [0.05, 0.1) is 18.2 Å². The van der Waals surface area contributed by atoms with Gasteiger partial charge in [0, 0.05) is 18.7 Å². The minimum atomic E-state index is -4.00. The zero-order valence-electron chi connectivity index (χ0n) is 21.5. The quantitative estimate of drug-likeness (QED) is 0.0821. The molecule has 1 rings (SSSR count). The Kier molecular flexibility index (Phi) is 17.2. The van der Waals surface area contributed by atoms with E-state index in [2.05, 4.69) is 5.32 Å². The van der Waals surface area contributed by atoms with E-state index in [0.29, 0.717) is 12.0 Å². The summed E-state index contributed by atoms with van der Waals surface area (Å²) >= 11 is 0. The molecule has 0 aliphatic carbocycles. The van der Waals surface area contributed by atoms with E-state index in [0.717, 1.165) is 50.3 Å². The summed E-state index contributed by atoms with van der Waals surface area (Å²) in [6.07, 6.45) is 11.1. The maximum Gasteiger partial charge on any atom is 0.389 e. The molecule has 0 fully saturated rings. The first-order chi connectivity index (χ1) is 17.3. The molecule has 0 aliphatic heterocycles. The van der Waals surface area contributed by atoms with Crippen LogP contribution in [0.4, 0.5) is 18.9 Å². The van der Waals surface area contributed by atoms with Crippen molar-refractivity contribution in [1.29, 1.82) is 0 Å². The van der Waals surface area contributed by atoms with E-state index >= 15 is 0 Å². The van der Waals surface area contributed by atoms with E-state index < -0.39 is 24.5 Å². The summed E-state index contributed by atoms with van der Waals surface area (Å²) in [5, 5.41) is 3.35. The first-order valence-electron chi connectivity index (χ1n) is 13.3. The SMILES string of the molecule is CCOC(=O)C=COC(=O)c1ccc(NCCCCCCCCCCCCCCCC(F)(F)F)cc1. The number of rotatable bonds is 20. The van der Waals surface area contributed by atoms with Crippen LogP contribution >= 0.6 is 0 Å². The molecule has 0 heterocycles. The fourth-order valence-electron chi connectivity index (χ4n) is 3.76. The van der Waals surface area contributed by atoms with Crippen molar-refractivity contribution in [2.75, 3.05) is 18.5 Å². The molecular weight excluding hydrogens is 471 g/mol. The van der Waals surface area contributed by atoms with Gasteiger partial charge in [-0.05, 0) is 44.0 Å². The molecule has 0 aliphatic rings. The highest BCUT2D eigenvalue weighted by molar-refractivity contribution is 5.90. The monoisotopic (exact) mass is 513 g/mol. The Balaban J connectivity index is 1.95. The van der Waals surface area contributed by atoms with Crippen molar-refractivity contribution < 1.29 is 32.2 Å². The molecule has 8 heteroatoms. The molecule has 1 aromatic rings. The van der Waals surface area contributed by atoms with E-state index in [-0.39, 0.29) is 13.0 Å². The average Bonchev–Trinajstić information content (AvgIpc) is 2.83. The molecule has 0 aromatic heterocycles. The average molecular weight is 514 g/mol. The lowest BCUT2D eigenvalue weighted by atomic mass is 10.0. The summed E-state index contributed by atoms with van der Waals surface area (Å²) in [6, 6.07) is 7.01. The number of hydrogen-bond donors (Lipinski definition) is 1. The molecule has 0 saturated heterocycles. The largest absolute Gasteiger partial charge is 0.463 e. The molecular formula is C28H42F3NO4. The van der Waals surface area contributed by atoms with E-state index in [1.54, 1.807) is 19.1 Å². The summed E-state index contributed by atoms with van der Waals surface area (Å²) in [4.78, 5) is 23.1. The topological polar surface area (TPSA) is 64.6 Å². The number of nitrogens with one attached hydrogen (secondary N) is 1. The zero-order chi connectivity index (χ0) is 26.5. The lowest BCUT2D eigenvalue weighted by Gasteiger charge is -2.07. The molecule has 36 heavy (non-hydrogen) atoms. The van der Waals surface area contributed by atoms with Crippen LogP contribution in [0.3, 0.4) is 0 Å². The number of halogens is 3. The second kappa shape index (κ2) is 19.7. The Morgan fingerprint density at radius 2 is 1.31 bits per heavy atom. The van der Waals surface area contributed by atoms with Crippen LogP contribution in [-0.2, 0) is 14.3 Å². The van der Waals surface area contributed by atoms with E-state index in [9.17, 15) is 22.8 Å². The standard InChI is InChI=1S/C28H42F3NO4/c1-2-35-26(33)20-23-36-27(34)24-16-18-25(19-17-24)32-22-15-13-11-9-7-5-3-4-6-8-10-12-14-21-28(29,30)31/h16-20,23,32H,2-15,21-22H2,1H3. The third kappa shape index (κ3) is 17.9. The van der Waals surface area contributed by atoms with Crippen LogP contribution in [0, 0.1) is 0 Å². The molecule has 204 valence electrons. The number of hydrogen-bond acceptors (Lipinski definition) is 5. The van der Waals surface area contributed by atoms with Gasteiger partial charge in [-0.15, -0.1) is 0 Å². The molecule has 0 saturated carbocycles. The number of alkyl halides is 3. The molecule has 0 radical (unpaired) electrons. The molecule has 1 aromatic carbocycles. The Morgan fingerprint density at radius 1 is 0.806 bits per heavy atom. The van der Waals surface area contributed by atoms with Crippen molar-refractivity contribution in [3.63, 3.8) is 0 Å². The highest BCUT2D eigenvalue weighted by Crippen LogP contribution is 2.23. The first-order valence-corrected chi connectivity index (χ1v) is 13.3. The van der Waals surface area contributed by atoms with Gasteiger partial charge < -0.3 is 14.8 Å². The van der Waals surface area contributed by atoms with E-state index in [4.69, 9.17) is 9.47 Å². The zero-order valence-corrected chi connectivity index (χ0v) is 21.5. The van der Waals surface area contributed by atoms with Gasteiger partial charge in [0.25, 0.3) is 0 Å². The number of carbonyl (C=O) groups is 2. The fourth-order valence-corrected chi connectivity index (χ4v) is 3.76. The fraction of sp³-hybridized carbons (Fsp3) is 0.643. The number of carbonyl (C=O) groups excluding carboxylic acids is 2. The van der Waals surface area contributed by atoms with Crippen molar-refractivity contribution in [3.8, 4) is 0 Å². The van der Waals surface area contributed by atoms with Crippen molar-refractivity contribution in [2.45, 2.75) is 103 Å². The molecule has 0 amide bonds. The van der Waals surface area contributed by atoms with Crippen molar-refractivity contribution in [1.82, 2.24) is 0 Å². The van der Waals surface area contributed by atoms with Gasteiger partial charge in [0.2, 0.25) is 0 Å². The maximum atomic E-state index is 12.1. The number of anilines is 1. The minimum Gasteiger partial charge on any atom is -0.463 e. The lowest BCUT2D eigenvalue weighted by Crippen LogP contribution is -2.06. The maximum absolute atomic E-state index is 12.1. The van der Waals surface area contributed by atoms with E-state index in [1.165, 1.54) is 44.9 Å². The summed E-state index contributed by atoms with van der Waals surface area (Å²) in [5.74, 6) is -1.10. The van der Waals surface area contributed by atoms with E-state index in [1.807, 2.05) is 12.1 Å². The Hall–Kier alpha value is -2.51. The number of benzene rings is 1. The smallest absolute Gasteiger partial charge is 0.389 e. The van der Waals surface area contributed by atoms with Crippen LogP contribution in [0.1, 0.15) is 107 Å². The predicted octanol–water partition coefficient (Wildman–Crippen LogP) is 8.36. The van der Waals surface area contributed by atoms with Crippen LogP contribution in [0.25, 0.3) is 0 Å². The van der Waals surface area contributed by atoms with Crippen LogP contribution < -0.4 is 5.32 Å². The van der Waals surface area contributed by atoms with Gasteiger partial charge in [-0.25, -0.2) is 9.59 Å². The van der Waals surface area contributed by atoms with Gasteiger partial charge in [-0.1, -0.05) is 70.6 Å². The Bertz CT molecular complexity index is 748. The highest BCUT2D eigenvalue weighted by atomic mass is 19.4. The normalized spacial score (nSPS) is 11.6. The minimum absolute atomic E-state index is 0.260. The number of ether oxygens (including phenoxy) is 2. The summed E-state index contributed by atoms with van der Waals surface area (Å²) in [6.45, 7) is 2.83. The Labute approximate surface area is 213 Å². The van der Waals surface area contributed by atoms with Gasteiger partial charge in [0.1, 0.15) is 6.26 Å². The summed E-state index contributed by atoms with van der Waals surface area (Å²) in [7, 11) is 0. The summed E-state index contributed by atoms with van der Waals surface area (Å²) < 4.78 is 45.8. The van der Waals surface area contributed by atoms with Crippen LogP contribution in [0.15, 0.2) is 36.6 Å². The second-order valence-corrected chi connectivity index (χ2v) is 8.93. The second-order valence-electron chi connectivity index (χ2n) is 8.93. The molecule has 0 unspecified atom stereocenters. The highest BCUT2D eigenvalue weighted by Gasteiger charge is 2.25. The first kappa shape index (κ1) is 31.5. The molecule has 1 N–H and O–H groups in total. The molecule has 0 spiro atoms. The third-order valence-electron chi connectivity index (χ3n) is 5.75. The van der Waals surface area contributed by atoms with Crippen molar-refractivity contribution >= 4 is 17.6 Å². The lowest BCUT2D eigenvalue weighted by molar-refractivity contribution is -0.137. The number of unbranched alkanes of at least 4 members (excludes halogenated alkanes) is 12. The third-order valence-corrected chi connectivity index (χ3v) is 5.75. The molecule has 0 bridgehead atoms. The molecule has 0 atom stereocenters.